The number of nitrogens with zero attached hydrogens (tertiary/aromatic N) is 4. The highest BCUT2D eigenvalue weighted by Gasteiger charge is 2.28. The normalized spacial score (nSPS) is 14.4. The molecule has 0 unspecified atom stereocenters. The molecule has 0 atom stereocenters. The van der Waals surface area contributed by atoms with Gasteiger partial charge in [0, 0.05) is 25.9 Å². The van der Waals surface area contributed by atoms with Crippen LogP contribution in [0.15, 0.2) is 23.3 Å². The van der Waals surface area contributed by atoms with Crippen LogP contribution in [0.2, 0.25) is 0 Å². The number of ether oxygens (including phenoxy) is 2. The fourth-order valence-corrected chi connectivity index (χ4v) is 2.56. The summed E-state index contributed by atoms with van der Waals surface area (Å²) in [4.78, 5) is 13.7. The van der Waals surface area contributed by atoms with E-state index in [0.29, 0.717) is 25.9 Å². The number of hydrogen-bond donors (Lipinski definition) is 1. The van der Waals surface area contributed by atoms with Gasteiger partial charge < -0.3 is 14.4 Å². The highest BCUT2D eigenvalue weighted by atomic mass is 19.1. The number of benzene rings is 1. The molecule has 1 saturated heterocycles. The van der Waals surface area contributed by atoms with Crippen molar-refractivity contribution in [3.05, 3.63) is 24.0 Å². The quantitative estimate of drug-likeness (QED) is 0.626. The van der Waals surface area contributed by atoms with Crippen molar-refractivity contribution in [2.75, 3.05) is 18.5 Å². The summed E-state index contributed by atoms with van der Waals surface area (Å²) in [7, 11) is 0. The average molecular weight is 387 g/mol. The fraction of sp³-hybridized carbons (Fsp3) is 0.474. The number of hydrogen-bond acceptors (Lipinski definition) is 7. The summed E-state index contributed by atoms with van der Waals surface area (Å²) in [6.07, 6.45) is 0.519. The first-order chi connectivity index (χ1) is 13.2. The number of para-hydroxylation sites is 1. The minimum absolute atomic E-state index is 0.0555. The monoisotopic (exact) mass is 387 g/mol. The highest BCUT2D eigenvalue weighted by molar-refractivity contribution is 6.10. The molecule has 1 fully saturated rings. The van der Waals surface area contributed by atoms with Gasteiger partial charge in [0.15, 0.2) is 5.82 Å². The smallest absolute Gasteiger partial charge is 0.410 e. The lowest BCUT2D eigenvalue weighted by atomic mass is 10.1. The van der Waals surface area contributed by atoms with E-state index in [9.17, 15) is 9.18 Å². The topological polar surface area (TPSA) is 111 Å². The van der Waals surface area contributed by atoms with E-state index >= 15 is 0 Å². The Morgan fingerprint density at radius 2 is 1.93 bits per heavy atom. The minimum Gasteiger partial charge on any atom is -0.488 e. The lowest BCUT2D eigenvalue weighted by Gasteiger charge is -2.33. The Morgan fingerprint density at radius 1 is 1.29 bits per heavy atom. The van der Waals surface area contributed by atoms with Gasteiger partial charge >= 0.3 is 6.09 Å². The van der Waals surface area contributed by atoms with Gasteiger partial charge in [-0.1, -0.05) is 6.07 Å². The Balaban J connectivity index is 2.01. The Morgan fingerprint density at radius 3 is 2.50 bits per heavy atom. The van der Waals surface area contributed by atoms with Crippen molar-refractivity contribution in [3.63, 3.8) is 0 Å². The van der Waals surface area contributed by atoms with E-state index in [2.05, 4.69) is 10.5 Å². The number of nitrogens with one attached hydrogen (secondary N) is 1. The van der Waals surface area contributed by atoms with E-state index in [4.69, 9.17) is 20.0 Å². The number of halogens is 1. The molecule has 0 spiro atoms. The number of amides is 1. The van der Waals surface area contributed by atoms with E-state index in [1.807, 2.05) is 20.8 Å². The third-order valence-corrected chi connectivity index (χ3v) is 3.85. The molecule has 0 bridgehead atoms. The summed E-state index contributed by atoms with van der Waals surface area (Å²) in [6, 6.07) is 7.45. The second-order valence-corrected chi connectivity index (χ2v) is 7.19. The first kappa shape index (κ1) is 21.0. The first-order valence-electron chi connectivity index (χ1n) is 8.80. The van der Waals surface area contributed by atoms with E-state index in [0.717, 1.165) is 0 Å². The maximum atomic E-state index is 14.1. The van der Waals surface area contributed by atoms with Gasteiger partial charge in [0.1, 0.15) is 35.3 Å². The van der Waals surface area contributed by atoms with Crippen LogP contribution in [0, 0.1) is 28.5 Å². The molecule has 1 aliphatic heterocycles. The lowest BCUT2D eigenvalue weighted by Crippen LogP contribution is -2.44. The summed E-state index contributed by atoms with van der Waals surface area (Å²) in [6.45, 7) is 6.36. The Labute approximate surface area is 163 Å². The summed E-state index contributed by atoms with van der Waals surface area (Å²) in [5.41, 5.74) is 1.34. The molecule has 1 N–H and O–H groups in total. The molecule has 1 aliphatic rings. The van der Waals surface area contributed by atoms with Crippen LogP contribution in [-0.4, -0.2) is 41.5 Å². The van der Waals surface area contributed by atoms with Crippen LogP contribution in [0.4, 0.5) is 14.9 Å². The average Bonchev–Trinajstić information content (AvgIpc) is 2.63. The van der Waals surface area contributed by atoms with E-state index < -0.39 is 17.1 Å². The molecule has 9 heteroatoms. The summed E-state index contributed by atoms with van der Waals surface area (Å²) >= 11 is 0. The van der Waals surface area contributed by atoms with Crippen molar-refractivity contribution >= 4 is 17.5 Å². The van der Waals surface area contributed by atoms with E-state index in [-0.39, 0.29) is 23.6 Å². The van der Waals surface area contributed by atoms with Gasteiger partial charge in [0.25, 0.3) is 0 Å². The van der Waals surface area contributed by atoms with Gasteiger partial charge in [-0.3, -0.25) is 5.43 Å². The molecule has 0 aliphatic carbocycles. The summed E-state index contributed by atoms with van der Waals surface area (Å²) in [5.74, 6) is -0.405. The van der Waals surface area contributed by atoms with E-state index in [1.165, 1.54) is 12.1 Å². The van der Waals surface area contributed by atoms with Crippen molar-refractivity contribution in [2.45, 2.75) is 45.3 Å². The zero-order valence-corrected chi connectivity index (χ0v) is 16.0. The molecule has 8 nitrogen and oxygen atoms in total. The van der Waals surface area contributed by atoms with Crippen LogP contribution in [-0.2, 0) is 4.74 Å². The number of carbonyl (C=O) groups excluding carboxylic acids is 1. The number of likely N-dealkylation sites (tertiary alicyclic amines) is 1. The summed E-state index contributed by atoms with van der Waals surface area (Å²) in [5, 5.41) is 21.0. The van der Waals surface area contributed by atoms with Crippen LogP contribution in [0.5, 0.6) is 5.75 Å². The van der Waals surface area contributed by atoms with Gasteiger partial charge in [-0.05, 0) is 32.9 Å². The number of piperidine rings is 1. The third-order valence-electron chi connectivity index (χ3n) is 3.85. The molecule has 1 aromatic carbocycles. The molecular weight excluding hydrogens is 365 g/mol. The predicted molar refractivity (Wildman–Crippen MR) is 100 cm³/mol. The number of nitriles is 2. The van der Waals surface area contributed by atoms with Crippen molar-refractivity contribution < 1.29 is 18.7 Å². The molecule has 2 rings (SSSR count). The SMILES string of the molecule is CC(C)(C)OC(=O)N1CCC(Oc2cccc(F)c2NN=C(C#N)C#N)CC1. The van der Waals surface area contributed by atoms with Gasteiger partial charge in [0.05, 0.1) is 0 Å². The standard InChI is InChI=1S/C19H22FN5O3/c1-19(2,3)28-18(26)25-9-7-14(8-10-25)27-16-6-4-5-15(20)17(16)24-23-13(11-21)12-22/h4-6,14,24H,7-10H2,1-3H3. The molecular formula is C19H22FN5O3. The Bertz CT molecular complexity index is 811. The Hall–Kier alpha value is -3.33. The fourth-order valence-electron chi connectivity index (χ4n) is 2.56. The molecule has 148 valence electrons. The van der Waals surface area contributed by atoms with Crippen LogP contribution in [0.3, 0.4) is 0 Å². The van der Waals surface area contributed by atoms with Gasteiger partial charge in [-0.15, -0.1) is 0 Å². The number of anilines is 1. The molecule has 1 aromatic rings. The number of rotatable bonds is 4. The number of hydrazone groups is 1. The molecule has 1 heterocycles. The second-order valence-electron chi connectivity index (χ2n) is 7.19. The van der Waals surface area contributed by atoms with Gasteiger partial charge in [-0.25, -0.2) is 9.18 Å². The van der Waals surface area contributed by atoms with Crippen molar-refractivity contribution in [3.8, 4) is 17.9 Å². The molecule has 0 aromatic heterocycles. The largest absolute Gasteiger partial charge is 0.488 e. The van der Waals surface area contributed by atoms with Crippen LogP contribution < -0.4 is 10.2 Å². The van der Waals surface area contributed by atoms with Crippen LogP contribution >= 0.6 is 0 Å². The maximum absolute atomic E-state index is 14.1. The van der Waals surface area contributed by atoms with Crippen LogP contribution in [0.1, 0.15) is 33.6 Å². The number of carbonyl (C=O) groups is 1. The summed E-state index contributed by atoms with van der Waals surface area (Å²) < 4.78 is 25.4. The Kier molecular flexibility index (Phi) is 6.78. The van der Waals surface area contributed by atoms with Crippen molar-refractivity contribution in [2.24, 2.45) is 5.10 Å². The highest BCUT2D eigenvalue weighted by Crippen LogP contribution is 2.30. The molecule has 0 saturated carbocycles. The second kappa shape index (κ2) is 9.05. The maximum Gasteiger partial charge on any atom is 0.410 e. The van der Waals surface area contributed by atoms with Gasteiger partial charge in [0.2, 0.25) is 5.71 Å². The van der Waals surface area contributed by atoms with Crippen LogP contribution in [0.25, 0.3) is 0 Å². The van der Waals surface area contributed by atoms with Crippen molar-refractivity contribution in [1.82, 2.24) is 4.90 Å². The zero-order valence-electron chi connectivity index (χ0n) is 16.0. The molecule has 1 amide bonds. The first-order valence-corrected chi connectivity index (χ1v) is 8.80. The molecule has 28 heavy (non-hydrogen) atoms. The lowest BCUT2D eigenvalue weighted by molar-refractivity contribution is 0.0127. The van der Waals surface area contributed by atoms with Crippen molar-refractivity contribution in [1.29, 1.82) is 10.5 Å². The predicted octanol–water partition coefficient (Wildman–Crippen LogP) is 3.42. The minimum atomic E-state index is -0.623. The van der Waals surface area contributed by atoms with Gasteiger partial charge in [-0.2, -0.15) is 15.6 Å². The van der Waals surface area contributed by atoms with E-state index in [1.54, 1.807) is 23.1 Å². The third kappa shape index (κ3) is 5.85. The molecule has 0 radical (unpaired) electrons. The zero-order chi connectivity index (χ0) is 20.7.